The number of carbonyl (C=O) groups excluding carboxylic acids is 1. The molecule has 0 heterocycles. The van der Waals surface area contributed by atoms with Crippen LogP contribution < -0.4 is 9.62 Å². The van der Waals surface area contributed by atoms with Gasteiger partial charge in [0, 0.05) is 5.69 Å². The third-order valence-corrected chi connectivity index (χ3v) is 4.84. The van der Waals surface area contributed by atoms with E-state index >= 15 is 0 Å². The van der Waals surface area contributed by atoms with E-state index in [1.807, 2.05) is 19.1 Å². The summed E-state index contributed by atoms with van der Waals surface area (Å²) in [5, 5.41) is 2.80. The van der Waals surface area contributed by atoms with Crippen LogP contribution in [0.1, 0.15) is 18.9 Å². The molecule has 2 rings (SSSR count). The van der Waals surface area contributed by atoms with Gasteiger partial charge in [-0.15, -0.1) is 0 Å². The predicted octanol–water partition coefficient (Wildman–Crippen LogP) is 3.18. The van der Waals surface area contributed by atoms with Crippen molar-refractivity contribution in [2.45, 2.75) is 26.3 Å². The van der Waals surface area contributed by atoms with Crippen LogP contribution in [-0.2, 0) is 14.8 Å². The molecule has 0 unspecified atom stereocenters. The van der Waals surface area contributed by atoms with Gasteiger partial charge in [-0.05, 0) is 37.6 Å². The molecule has 1 N–H and O–H groups in total. The Kier molecular flexibility index (Phi) is 5.62. The number of benzene rings is 2. The van der Waals surface area contributed by atoms with Gasteiger partial charge in [-0.2, -0.15) is 0 Å². The molecule has 0 spiro atoms. The zero-order valence-electron chi connectivity index (χ0n) is 14.1. The van der Waals surface area contributed by atoms with E-state index in [9.17, 15) is 13.2 Å². The molecule has 1 atom stereocenters. The number of rotatable bonds is 6. The van der Waals surface area contributed by atoms with Crippen molar-refractivity contribution in [2.75, 3.05) is 15.9 Å². The molecule has 0 aromatic heterocycles. The van der Waals surface area contributed by atoms with Crippen molar-refractivity contribution in [2.24, 2.45) is 0 Å². The van der Waals surface area contributed by atoms with Gasteiger partial charge in [0.1, 0.15) is 6.04 Å². The fourth-order valence-electron chi connectivity index (χ4n) is 2.50. The van der Waals surface area contributed by atoms with Gasteiger partial charge in [0.05, 0.1) is 11.9 Å². The number of sulfonamides is 1. The smallest absolute Gasteiger partial charge is 0.248 e. The first-order chi connectivity index (χ1) is 11.3. The van der Waals surface area contributed by atoms with Gasteiger partial charge < -0.3 is 5.32 Å². The summed E-state index contributed by atoms with van der Waals surface area (Å²) in [5.41, 5.74) is 2.21. The number of hydrogen-bond donors (Lipinski definition) is 1. The Morgan fingerprint density at radius 3 is 2.17 bits per heavy atom. The summed E-state index contributed by atoms with van der Waals surface area (Å²) in [6, 6.07) is 15.2. The number of aryl methyl sites for hydroxylation is 1. The van der Waals surface area contributed by atoms with Crippen LogP contribution in [0.15, 0.2) is 54.6 Å². The van der Waals surface area contributed by atoms with Crippen molar-refractivity contribution in [1.82, 2.24) is 0 Å². The number of nitrogens with zero attached hydrogens (tertiary/aromatic N) is 1. The Bertz CT molecular complexity index is 787. The first-order valence-corrected chi connectivity index (χ1v) is 9.59. The summed E-state index contributed by atoms with van der Waals surface area (Å²) >= 11 is 0. The summed E-state index contributed by atoms with van der Waals surface area (Å²) in [7, 11) is -3.60. The second-order valence-corrected chi connectivity index (χ2v) is 7.53. The van der Waals surface area contributed by atoms with Crippen LogP contribution in [0.4, 0.5) is 11.4 Å². The first-order valence-electron chi connectivity index (χ1n) is 7.75. The molecule has 0 aliphatic rings. The van der Waals surface area contributed by atoms with Gasteiger partial charge in [-0.1, -0.05) is 42.8 Å². The average molecular weight is 346 g/mol. The molecule has 5 nitrogen and oxygen atoms in total. The molecule has 2 aromatic rings. The predicted molar refractivity (Wildman–Crippen MR) is 97.7 cm³/mol. The topological polar surface area (TPSA) is 66.5 Å². The van der Waals surface area contributed by atoms with Crippen LogP contribution in [0.25, 0.3) is 0 Å². The Morgan fingerprint density at radius 1 is 1.08 bits per heavy atom. The highest BCUT2D eigenvalue weighted by Gasteiger charge is 2.31. The average Bonchev–Trinajstić information content (AvgIpc) is 2.54. The fraction of sp³-hybridized carbons (Fsp3) is 0.278. The van der Waals surface area contributed by atoms with E-state index in [1.165, 1.54) is 4.31 Å². The van der Waals surface area contributed by atoms with Gasteiger partial charge in [-0.3, -0.25) is 9.10 Å². The molecule has 0 saturated carbocycles. The fourth-order valence-corrected chi connectivity index (χ4v) is 3.71. The lowest BCUT2D eigenvalue weighted by Gasteiger charge is -2.30. The number of nitrogens with one attached hydrogen (secondary N) is 1. The van der Waals surface area contributed by atoms with Crippen LogP contribution in [0.5, 0.6) is 0 Å². The van der Waals surface area contributed by atoms with Crippen LogP contribution in [-0.4, -0.2) is 26.6 Å². The molecule has 6 heteroatoms. The largest absolute Gasteiger partial charge is 0.324 e. The van der Waals surface area contributed by atoms with Crippen molar-refractivity contribution in [1.29, 1.82) is 0 Å². The quantitative estimate of drug-likeness (QED) is 0.873. The summed E-state index contributed by atoms with van der Waals surface area (Å²) in [5.74, 6) is -0.351. The van der Waals surface area contributed by atoms with Crippen molar-refractivity contribution >= 4 is 27.3 Å². The molecule has 0 bridgehead atoms. The number of amides is 1. The molecule has 0 aliphatic heterocycles. The molecule has 0 aliphatic carbocycles. The van der Waals surface area contributed by atoms with E-state index in [-0.39, 0.29) is 5.91 Å². The minimum atomic E-state index is -3.60. The van der Waals surface area contributed by atoms with E-state index in [0.29, 0.717) is 17.8 Å². The Morgan fingerprint density at radius 2 is 1.67 bits per heavy atom. The molecular formula is C18H22N2O3S. The van der Waals surface area contributed by atoms with Gasteiger partial charge in [0.15, 0.2) is 0 Å². The van der Waals surface area contributed by atoms with E-state index in [2.05, 4.69) is 5.32 Å². The van der Waals surface area contributed by atoms with E-state index < -0.39 is 16.1 Å². The van der Waals surface area contributed by atoms with E-state index in [0.717, 1.165) is 11.8 Å². The molecule has 24 heavy (non-hydrogen) atoms. The van der Waals surface area contributed by atoms with Gasteiger partial charge >= 0.3 is 0 Å². The highest BCUT2D eigenvalue weighted by molar-refractivity contribution is 7.92. The number of carbonyl (C=O) groups is 1. The summed E-state index contributed by atoms with van der Waals surface area (Å²) in [4.78, 5) is 12.7. The zero-order valence-corrected chi connectivity index (χ0v) is 14.9. The molecule has 0 saturated heterocycles. The van der Waals surface area contributed by atoms with Crippen molar-refractivity contribution in [3.8, 4) is 0 Å². The monoisotopic (exact) mass is 346 g/mol. The van der Waals surface area contributed by atoms with E-state index in [4.69, 9.17) is 0 Å². The summed E-state index contributed by atoms with van der Waals surface area (Å²) in [6.07, 6.45) is 1.47. The van der Waals surface area contributed by atoms with Gasteiger partial charge in [-0.25, -0.2) is 8.42 Å². The maximum atomic E-state index is 12.7. The highest BCUT2D eigenvalue weighted by Crippen LogP contribution is 2.23. The SMILES string of the molecule is CC[C@H](C(=O)Nc1ccc(C)cc1)N(c1ccccc1)S(C)(=O)=O. The maximum Gasteiger partial charge on any atom is 0.248 e. The Labute approximate surface area is 143 Å². The van der Waals surface area contributed by atoms with Crippen molar-refractivity contribution in [3.05, 3.63) is 60.2 Å². The summed E-state index contributed by atoms with van der Waals surface area (Å²) < 4.78 is 25.7. The van der Waals surface area contributed by atoms with Crippen molar-refractivity contribution < 1.29 is 13.2 Å². The molecule has 0 fully saturated rings. The third-order valence-electron chi connectivity index (χ3n) is 3.66. The normalized spacial score (nSPS) is 12.5. The second kappa shape index (κ2) is 7.49. The lowest BCUT2D eigenvalue weighted by molar-refractivity contribution is -0.117. The summed E-state index contributed by atoms with van der Waals surface area (Å²) in [6.45, 7) is 3.75. The van der Waals surface area contributed by atoms with E-state index in [1.54, 1.807) is 49.4 Å². The van der Waals surface area contributed by atoms with Gasteiger partial charge in [0.2, 0.25) is 15.9 Å². The Balaban J connectivity index is 2.32. The minimum absolute atomic E-state index is 0.351. The number of hydrogen-bond acceptors (Lipinski definition) is 3. The van der Waals surface area contributed by atoms with Crippen LogP contribution in [0, 0.1) is 6.92 Å². The van der Waals surface area contributed by atoms with Crippen LogP contribution >= 0.6 is 0 Å². The van der Waals surface area contributed by atoms with Crippen LogP contribution in [0.2, 0.25) is 0 Å². The van der Waals surface area contributed by atoms with Crippen LogP contribution in [0.3, 0.4) is 0 Å². The lowest BCUT2D eigenvalue weighted by atomic mass is 10.1. The Hall–Kier alpha value is -2.34. The first kappa shape index (κ1) is 18.0. The molecule has 1 amide bonds. The zero-order chi connectivity index (χ0) is 17.7. The third kappa shape index (κ3) is 4.35. The lowest BCUT2D eigenvalue weighted by Crippen LogP contribution is -2.46. The molecule has 128 valence electrons. The number of anilines is 2. The maximum absolute atomic E-state index is 12.7. The molecular weight excluding hydrogens is 324 g/mol. The highest BCUT2D eigenvalue weighted by atomic mass is 32.2. The number of para-hydroxylation sites is 1. The molecule has 2 aromatic carbocycles. The second-order valence-electron chi connectivity index (χ2n) is 5.67. The van der Waals surface area contributed by atoms with Crippen molar-refractivity contribution in [3.63, 3.8) is 0 Å². The molecule has 0 radical (unpaired) electrons. The minimum Gasteiger partial charge on any atom is -0.324 e. The van der Waals surface area contributed by atoms with Gasteiger partial charge in [0.25, 0.3) is 0 Å². The standard InChI is InChI=1S/C18H22N2O3S/c1-4-17(18(21)19-15-12-10-14(2)11-13-15)20(24(3,22)23)16-8-6-5-7-9-16/h5-13,17H,4H2,1-3H3,(H,19,21)/t17-/m1/s1.